The minimum atomic E-state index is -0.743. The van der Waals surface area contributed by atoms with Gasteiger partial charge in [0.25, 0.3) is 0 Å². The average molecular weight is 558 g/mol. The molecule has 38 heavy (non-hydrogen) atoms. The molecule has 6 nitrogen and oxygen atoms in total. The summed E-state index contributed by atoms with van der Waals surface area (Å²) in [5.41, 5.74) is 0.917. The van der Waals surface area contributed by atoms with Crippen molar-refractivity contribution >= 4 is 40.7 Å². The van der Waals surface area contributed by atoms with Crippen LogP contribution in [0.2, 0.25) is 0 Å². The van der Waals surface area contributed by atoms with Gasteiger partial charge in [-0.15, -0.1) is 11.3 Å². The number of hydrogen-bond acceptors (Lipinski definition) is 8. The van der Waals surface area contributed by atoms with Crippen molar-refractivity contribution in [3.63, 3.8) is 0 Å². The second kappa shape index (κ2) is 11.5. The highest BCUT2D eigenvalue weighted by molar-refractivity contribution is 8.00. The summed E-state index contributed by atoms with van der Waals surface area (Å²) in [7, 11) is 0. The van der Waals surface area contributed by atoms with E-state index < -0.39 is 17.5 Å². The van der Waals surface area contributed by atoms with Gasteiger partial charge in [0.05, 0.1) is 31.9 Å². The Bertz CT molecular complexity index is 1450. The molecule has 0 saturated heterocycles. The average Bonchev–Trinajstić information content (AvgIpc) is 3.31. The number of aromatic nitrogens is 3. The Labute approximate surface area is 227 Å². The fourth-order valence-electron chi connectivity index (χ4n) is 3.40. The molecule has 2 aromatic heterocycles. The lowest BCUT2D eigenvalue weighted by molar-refractivity contribution is -0.116. The Hall–Kier alpha value is -3.44. The summed E-state index contributed by atoms with van der Waals surface area (Å²) in [5.74, 6) is -1.70. The number of halogens is 3. The van der Waals surface area contributed by atoms with Crippen LogP contribution >= 0.6 is 23.3 Å². The molecular weight excluding hydrogens is 531 g/mol. The molecule has 0 aliphatic carbocycles. The van der Waals surface area contributed by atoms with E-state index in [2.05, 4.69) is 20.0 Å². The Morgan fingerprint density at radius 3 is 2.42 bits per heavy atom. The Morgan fingerprint density at radius 2 is 1.74 bits per heavy atom. The number of rotatable bonds is 9. The third-order valence-electron chi connectivity index (χ3n) is 5.35. The third-order valence-corrected chi connectivity index (χ3v) is 7.77. The molecule has 11 heteroatoms. The number of hydrogen-bond donors (Lipinski definition) is 2. The first-order valence-electron chi connectivity index (χ1n) is 11.8. The number of nitrogens with zero attached hydrogens (tertiary/aromatic N) is 3. The molecule has 0 amide bonds. The quantitative estimate of drug-likeness (QED) is 0.206. The summed E-state index contributed by atoms with van der Waals surface area (Å²) >= 11 is 2.06. The first kappa shape index (κ1) is 27.6. The maximum Gasteiger partial charge on any atom is 0.223 e. The normalized spacial score (nSPS) is 11.4. The summed E-state index contributed by atoms with van der Waals surface area (Å²) < 4.78 is 46.7. The number of nitrogens with one attached hydrogen (secondary N) is 2. The minimum absolute atomic E-state index is 0.0492. The third kappa shape index (κ3) is 6.33. The van der Waals surface area contributed by atoms with Crippen molar-refractivity contribution in [1.82, 2.24) is 15.0 Å². The lowest BCUT2D eigenvalue weighted by atomic mass is 9.98. The van der Waals surface area contributed by atoms with Gasteiger partial charge in [0.2, 0.25) is 5.95 Å². The first-order valence-corrected chi connectivity index (χ1v) is 13.4. The van der Waals surface area contributed by atoms with Gasteiger partial charge in [0, 0.05) is 30.1 Å². The molecule has 4 aromatic rings. The molecule has 0 atom stereocenters. The highest BCUT2D eigenvalue weighted by Crippen LogP contribution is 2.42. The van der Waals surface area contributed by atoms with E-state index in [9.17, 15) is 13.6 Å². The zero-order valence-corrected chi connectivity index (χ0v) is 22.9. The van der Waals surface area contributed by atoms with Crippen LogP contribution in [0.3, 0.4) is 0 Å². The standard InChI is InChI=1S/C27H26F3N5OS2/c1-15(36)11-13-31-26-32-14-12-20(33-26)24-22(34-25(37-24)27(2,3)4)16-7-5-10-19(21(16)30)35-38-23-17(28)8-6-9-18(23)29/h5-10,12,14,35H,11,13H2,1-4H3,(H,31,32,33). The first-order chi connectivity index (χ1) is 18.0. The van der Waals surface area contributed by atoms with Crippen LogP contribution in [0.4, 0.5) is 24.8 Å². The van der Waals surface area contributed by atoms with Crippen molar-refractivity contribution < 1.29 is 18.0 Å². The molecule has 2 aromatic carbocycles. The monoisotopic (exact) mass is 557 g/mol. The Kier molecular flexibility index (Phi) is 8.37. The zero-order valence-electron chi connectivity index (χ0n) is 21.2. The van der Waals surface area contributed by atoms with Crippen LogP contribution in [-0.4, -0.2) is 27.3 Å². The van der Waals surface area contributed by atoms with Crippen molar-refractivity contribution in [3.05, 3.63) is 71.1 Å². The topological polar surface area (TPSA) is 79.8 Å². The van der Waals surface area contributed by atoms with Gasteiger partial charge in [0.1, 0.15) is 17.4 Å². The molecule has 0 aliphatic heterocycles. The van der Waals surface area contributed by atoms with E-state index in [1.54, 1.807) is 24.4 Å². The number of benzene rings is 2. The predicted molar refractivity (Wildman–Crippen MR) is 147 cm³/mol. The van der Waals surface area contributed by atoms with Crippen LogP contribution in [0.15, 0.2) is 53.6 Å². The van der Waals surface area contributed by atoms with Crippen LogP contribution < -0.4 is 10.0 Å². The van der Waals surface area contributed by atoms with Gasteiger partial charge in [-0.05, 0) is 49.2 Å². The summed E-state index contributed by atoms with van der Waals surface area (Å²) in [6.07, 6.45) is 1.93. The van der Waals surface area contributed by atoms with Crippen LogP contribution in [-0.2, 0) is 10.2 Å². The van der Waals surface area contributed by atoms with Gasteiger partial charge in [-0.25, -0.2) is 28.1 Å². The van der Waals surface area contributed by atoms with Crippen LogP contribution in [0, 0.1) is 17.5 Å². The van der Waals surface area contributed by atoms with Gasteiger partial charge in [-0.3, -0.25) is 4.79 Å². The zero-order chi connectivity index (χ0) is 27.4. The molecule has 0 radical (unpaired) electrons. The highest BCUT2D eigenvalue weighted by atomic mass is 32.2. The van der Waals surface area contributed by atoms with E-state index >= 15 is 4.39 Å². The molecule has 0 aliphatic rings. The van der Waals surface area contributed by atoms with Gasteiger partial charge in [-0.2, -0.15) is 0 Å². The number of Topliss-reactive ketones (excluding diaryl/α,β-unsaturated/α-hetero) is 1. The van der Waals surface area contributed by atoms with E-state index in [1.807, 2.05) is 20.8 Å². The van der Waals surface area contributed by atoms with E-state index in [1.165, 1.54) is 30.4 Å². The van der Waals surface area contributed by atoms with E-state index in [-0.39, 0.29) is 27.3 Å². The van der Waals surface area contributed by atoms with Gasteiger partial charge in [-0.1, -0.05) is 32.9 Å². The SMILES string of the molecule is CC(=O)CCNc1nccc(-c2sc(C(C)(C)C)nc2-c2cccc(NSc3c(F)cccc3F)c2F)n1. The molecule has 4 rings (SSSR count). The number of thiazole rings is 1. The maximum absolute atomic E-state index is 15.8. The van der Waals surface area contributed by atoms with Crippen LogP contribution in [0.25, 0.3) is 21.8 Å². The Morgan fingerprint density at radius 1 is 1.03 bits per heavy atom. The second-order valence-corrected chi connectivity index (χ2v) is 11.3. The summed E-state index contributed by atoms with van der Waals surface area (Å²) in [4.78, 5) is 25.3. The summed E-state index contributed by atoms with van der Waals surface area (Å²) in [6.45, 7) is 7.95. The van der Waals surface area contributed by atoms with Crippen molar-refractivity contribution in [2.75, 3.05) is 16.6 Å². The van der Waals surface area contributed by atoms with Gasteiger partial charge in [0.15, 0.2) is 5.82 Å². The molecule has 0 unspecified atom stereocenters. The summed E-state index contributed by atoms with van der Waals surface area (Å²) in [5, 5.41) is 3.82. The smallest absolute Gasteiger partial charge is 0.223 e. The van der Waals surface area contributed by atoms with Crippen LogP contribution in [0.1, 0.15) is 39.1 Å². The number of ketones is 1. The van der Waals surface area contributed by atoms with E-state index in [0.717, 1.165) is 17.1 Å². The molecule has 0 saturated carbocycles. The molecule has 198 valence electrons. The molecule has 0 spiro atoms. The fraction of sp³-hybridized carbons (Fsp3) is 0.259. The van der Waals surface area contributed by atoms with Crippen molar-refractivity contribution in [3.8, 4) is 21.8 Å². The second-order valence-electron chi connectivity index (χ2n) is 9.51. The predicted octanol–water partition coefficient (Wildman–Crippen LogP) is 7.49. The lowest BCUT2D eigenvalue weighted by Crippen LogP contribution is -2.10. The van der Waals surface area contributed by atoms with Crippen LogP contribution in [0.5, 0.6) is 0 Å². The van der Waals surface area contributed by atoms with E-state index in [4.69, 9.17) is 4.98 Å². The number of carbonyl (C=O) groups excluding carboxylic acids is 1. The maximum atomic E-state index is 15.8. The molecule has 0 fully saturated rings. The molecule has 0 bridgehead atoms. The van der Waals surface area contributed by atoms with Gasteiger partial charge >= 0.3 is 0 Å². The molecule has 2 N–H and O–H groups in total. The van der Waals surface area contributed by atoms with Crippen molar-refractivity contribution in [1.29, 1.82) is 0 Å². The molecular formula is C27H26F3N5OS2. The highest BCUT2D eigenvalue weighted by Gasteiger charge is 2.26. The fourth-order valence-corrected chi connectivity index (χ4v) is 5.21. The number of carbonyl (C=O) groups is 1. The largest absolute Gasteiger partial charge is 0.354 e. The Balaban J connectivity index is 1.72. The lowest BCUT2D eigenvalue weighted by Gasteiger charge is -2.13. The van der Waals surface area contributed by atoms with Crippen molar-refractivity contribution in [2.45, 2.75) is 44.4 Å². The minimum Gasteiger partial charge on any atom is -0.354 e. The molecule has 2 heterocycles. The van der Waals surface area contributed by atoms with Crippen molar-refractivity contribution in [2.24, 2.45) is 0 Å². The van der Waals surface area contributed by atoms with Gasteiger partial charge < -0.3 is 10.0 Å². The number of anilines is 2. The van der Waals surface area contributed by atoms with E-state index in [0.29, 0.717) is 47.1 Å². The summed E-state index contributed by atoms with van der Waals surface area (Å²) in [6, 6.07) is 10.0.